The molecule has 0 atom stereocenters. The number of nitrogens with zero attached hydrogens (tertiary/aromatic N) is 3. The summed E-state index contributed by atoms with van der Waals surface area (Å²) < 4.78 is 12.8. The van der Waals surface area contributed by atoms with Crippen LogP contribution in [0.4, 0.5) is 5.69 Å². The summed E-state index contributed by atoms with van der Waals surface area (Å²) in [6.45, 7) is 5.97. The molecule has 7 nitrogen and oxygen atoms in total. The first-order chi connectivity index (χ1) is 14.5. The Kier molecular flexibility index (Phi) is 6.54. The van der Waals surface area contributed by atoms with E-state index in [4.69, 9.17) is 15.2 Å². The number of ether oxygens (including phenoxy) is 2. The Morgan fingerprint density at radius 3 is 2.57 bits per heavy atom. The van der Waals surface area contributed by atoms with E-state index in [1.807, 2.05) is 66.2 Å². The largest absolute Gasteiger partial charge is 0.494 e. The van der Waals surface area contributed by atoms with Crippen molar-refractivity contribution in [1.29, 1.82) is 0 Å². The van der Waals surface area contributed by atoms with Crippen molar-refractivity contribution < 1.29 is 9.47 Å². The van der Waals surface area contributed by atoms with Crippen LogP contribution in [-0.2, 0) is 4.74 Å². The lowest BCUT2D eigenvalue weighted by Crippen LogP contribution is -2.11. The van der Waals surface area contributed by atoms with E-state index in [-0.39, 0.29) is 0 Å². The first kappa shape index (κ1) is 20.7. The van der Waals surface area contributed by atoms with Crippen LogP contribution in [0.1, 0.15) is 11.3 Å². The fraction of sp³-hybridized carbons (Fsp3) is 0.130. The molecular formula is C23H25N5O2. The third-order valence-corrected chi connectivity index (χ3v) is 4.36. The van der Waals surface area contributed by atoms with E-state index in [9.17, 15) is 0 Å². The van der Waals surface area contributed by atoms with E-state index in [1.165, 1.54) is 6.20 Å². The van der Waals surface area contributed by atoms with Gasteiger partial charge in [0.05, 0.1) is 31.9 Å². The minimum Gasteiger partial charge on any atom is -0.494 e. The third kappa shape index (κ3) is 4.70. The number of nitrogens with one attached hydrogen (secondary N) is 1. The van der Waals surface area contributed by atoms with Crippen LogP contribution in [0.3, 0.4) is 0 Å². The predicted molar refractivity (Wildman–Crippen MR) is 120 cm³/mol. The predicted octanol–water partition coefficient (Wildman–Crippen LogP) is 4.01. The normalized spacial score (nSPS) is 11.8. The van der Waals surface area contributed by atoms with Gasteiger partial charge in [0.25, 0.3) is 0 Å². The zero-order valence-corrected chi connectivity index (χ0v) is 17.3. The molecule has 1 heterocycles. The topological polar surface area (TPSA) is 86.7 Å². The van der Waals surface area contributed by atoms with E-state index in [2.05, 4.69) is 21.9 Å². The van der Waals surface area contributed by atoms with Gasteiger partial charge in [0.1, 0.15) is 17.3 Å². The SMILES string of the molecule is C=C(/N=C(\C(=C/N)OC)c1ccccc1)Nc1ccc(-n2cnc(C)c2)c(OC)c1. The van der Waals surface area contributed by atoms with Crippen LogP contribution in [0.25, 0.3) is 5.69 Å². The van der Waals surface area contributed by atoms with Crippen molar-refractivity contribution in [2.45, 2.75) is 6.92 Å². The number of benzene rings is 2. The molecule has 0 saturated carbocycles. The molecule has 0 aliphatic heterocycles. The van der Waals surface area contributed by atoms with Gasteiger partial charge < -0.3 is 25.1 Å². The highest BCUT2D eigenvalue weighted by molar-refractivity contribution is 6.11. The number of allylic oxidation sites excluding steroid dienone is 1. The molecule has 0 spiro atoms. The van der Waals surface area contributed by atoms with Crippen molar-refractivity contribution in [2.24, 2.45) is 10.7 Å². The van der Waals surface area contributed by atoms with E-state index in [0.29, 0.717) is 23.0 Å². The molecule has 7 heteroatoms. The van der Waals surface area contributed by atoms with Crippen LogP contribution in [-0.4, -0.2) is 29.5 Å². The molecular weight excluding hydrogens is 378 g/mol. The molecule has 0 bridgehead atoms. The van der Waals surface area contributed by atoms with Gasteiger partial charge in [-0.05, 0) is 19.1 Å². The van der Waals surface area contributed by atoms with Gasteiger partial charge in [-0.25, -0.2) is 9.98 Å². The molecule has 3 rings (SSSR count). The van der Waals surface area contributed by atoms with E-state index in [0.717, 1.165) is 22.6 Å². The second kappa shape index (κ2) is 9.47. The quantitative estimate of drug-likeness (QED) is 0.438. The van der Waals surface area contributed by atoms with Crippen molar-refractivity contribution >= 4 is 11.4 Å². The molecule has 3 aromatic rings. The number of rotatable bonds is 8. The van der Waals surface area contributed by atoms with Crippen LogP contribution >= 0.6 is 0 Å². The third-order valence-electron chi connectivity index (χ3n) is 4.36. The minimum absolute atomic E-state index is 0.429. The van der Waals surface area contributed by atoms with Crippen molar-refractivity contribution in [3.8, 4) is 11.4 Å². The van der Waals surface area contributed by atoms with Crippen molar-refractivity contribution in [2.75, 3.05) is 19.5 Å². The Hall–Kier alpha value is -4.00. The summed E-state index contributed by atoms with van der Waals surface area (Å²) in [6.07, 6.45) is 5.07. The lowest BCUT2D eigenvalue weighted by Gasteiger charge is -2.14. The maximum absolute atomic E-state index is 5.72. The second-order valence-electron chi connectivity index (χ2n) is 6.44. The second-order valence-corrected chi connectivity index (χ2v) is 6.44. The van der Waals surface area contributed by atoms with Crippen LogP contribution in [0.5, 0.6) is 5.75 Å². The Labute approximate surface area is 176 Å². The van der Waals surface area contributed by atoms with Crippen LogP contribution in [0.2, 0.25) is 0 Å². The van der Waals surface area contributed by atoms with Crippen LogP contribution in [0, 0.1) is 6.92 Å². The summed E-state index contributed by atoms with van der Waals surface area (Å²) in [5, 5.41) is 3.19. The maximum atomic E-state index is 5.72. The highest BCUT2D eigenvalue weighted by Crippen LogP contribution is 2.27. The summed E-state index contributed by atoms with van der Waals surface area (Å²) in [5.41, 5.74) is 9.76. The standard InChI is InChI=1S/C23H25N5O2/c1-16-14-28(15-25-16)20-11-10-19(12-21(20)29-3)26-17(2)27-23(22(13-24)30-4)18-8-6-5-7-9-18/h5-15,26H,2,24H2,1,3-4H3/b22-13+,27-23-. The summed E-state index contributed by atoms with van der Waals surface area (Å²) in [4.78, 5) is 8.87. The molecule has 0 fully saturated rings. The van der Waals surface area contributed by atoms with Gasteiger partial charge >= 0.3 is 0 Å². The fourth-order valence-electron chi connectivity index (χ4n) is 2.95. The smallest absolute Gasteiger partial charge is 0.160 e. The molecule has 0 radical (unpaired) electrons. The van der Waals surface area contributed by atoms with Gasteiger partial charge in [0.2, 0.25) is 0 Å². The summed E-state index contributed by atoms with van der Waals surface area (Å²) in [5.74, 6) is 1.57. The number of aliphatic imine (C=N–C) groups is 1. The lowest BCUT2D eigenvalue weighted by molar-refractivity contribution is 0.314. The van der Waals surface area contributed by atoms with Gasteiger partial charge in [-0.3, -0.25) is 0 Å². The first-order valence-corrected chi connectivity index (χ1v) is 9.31. The van der Waals surface area contributed by atoms with Crippen LogP contribution < -0.4 is 15.8 Å². The summed E-state index contributed by atoms with van der Waals surface area (Å²) in [7, 11) is 3.18. The summed E-state index contributed by atoms with van der Waals surface area (Å²) >= 11 is 0. The van der Waals surface area contributed by atoms with E-state index >= 15 is 0 Å². The molecule has 0 aliphatic rings. The Bertz CT molecular complexity index is 1080. The monoisotopic (exact) mass is 403 g/mol. The highest BCUT2D eigenvalue weighted by Gasteiger charge is 2.12. The number of methoxy groups -OCH3 is 2. The fourth-order valence-corrected chi connectivity index (χ4v) is 2.95. The Morgan fingerprint density at radius 1 is 1.20 bits per heavy atom. The van der Waals surface area contributed by atoms with E-state index < -0.39 is 0 Å². The number of aryl methyl sites for hydroxylation is 1. The zero-order chi connectivity index (χ0) is 21.5. The van der Waals surface area contributed by atoms with E-state index in [1.54, 1.807) is 20.5 Å². The summed E-state index contributed by atoms with van der Waals surface area (Å²) in [6, 6.07) is 15.4. The molecule has 3 N–H and O–H groups in total. The maximum Gasteiger partial charge on any atom is 0.160 e. The average molecular weight is 403 g/mol. The van der Waals surface area contributed by atoms with Crippen molar-refractivity contribution in [3.05, 3.63) is 96.7 Å². The van der Waals surface area contributed by atoms with Crippen molar-refractivity contribution in [3.63, 3.8) is 0 Å². The number of hydrogen-bond acceptors (Lipinski definition) is 6. The van der Waals surface area contributed by atoms with Gasteiger partial charge in [-0.1, -0.05) is 36.9 Å². The van der Waals surface area contributed by atoms with Crippen molar-refractivity contribution in [1.82, 2.24) is 9.55 Å². The first-order valence-electron chi connectivity index (χ1n) is 9.31. The molecule has 0 unspecified atom stereocenters. The Balaban J connectivity index is 1.88. The molecule has 2 aromatic carbocycles. The molecule has 30 heavy (non-hydrogen) atoms. The van der Waals surface area contributed by atoms with Crippen LogP contribution in [0.15, 0.2) is 90.4 Å². The van der Waals surface area contributed by atoms with Gasteiger partial charge in [0.15, 0.2) is 5.76 Å². The average Bonchev–Trinajstić information content (AvgIpc) is 3.20. The molecule has 0 amide bonds. The minimum atomic E-state index is 0.429. The lowest BCUT2D eigenvalue weighted by atomic mass is 10.1. The number of hydrogen-bond donors (Lipinski definition) is 2. The van der Waals surface area contributed by atoms with Gasteiger partial charge in [-0.15, -0.1) is 0 Å². The number of anilines is 1. The molecule has 154 valence electrons. The molecule has 1 aromatic heterocycles. The molecule has 0 saturated heterocycles. The number of nitrogens with two attached hydrogens (primary N) is 1. The Morgan fingerprint density at radius 2 is 1.97 bits per heavy atom. The zero-order valence-electron chi connectivity index (χ0n) is 17.3. The highest BCUT2D eigenvalue weighted by atomic mass is 16.5. The number of imidazole rings is 1. The number of aromatic nitrogens is 2. The van der Waals surface area contributed by atoms with Gasteiger partial charge in [0, 0.05) is 29.7 Å². The van der Waals surface area contributed by atoms with Gasteiger partial charge in [-0.2, -0.15) is 0 Å². The molecule has 0 aliphatic carbocycles.